The minimum Gasteiger partial charge on any atom is -1.00 e. The van der Waals surface area contributed by atoms with Crippen LogP contribution in [0.4, 0.5) is 0 Å². The zero-order valence-electron chi connectivity index (χ0n) is 9.43. The van der Waals surface area contributed by atoms with Gasteiger partial charge >= 0.3 is 11.8 Å². The van der Waals surface area contributed by atoms with E-state index in [4.69, 9.17) is 10.5 Å². The molecule has 1 atom stereocenters. The molecule has 0 heterocycles. The number of quaternary nitrogens is 1. The van der Waals surface area contributed by atoms with Crippen LogP contribution in [0.5, 0.6) is 0 Å². The summed E-state index contributed by atoms with van der Waals surface area (Å²) in [4.78, 5) is 11.2. The molecular formula is C9H19ClN2O2. The summed E-state index contributed by atoms with van der Waals surface area (Å²) in [5.41, 5.74) is 6.17. The van der Waals surface area contributed by atoms with Gasteiger partial charge in [-0.05, 0) is 6.92 Å². The van der Waals surface area contributed by atoms with E-state index in [0.717, 1.165) is 0 Å². The van der Waals surface area contributed by atoms with Crippen molar-refractivity contribution in [3.05, 3.63) is 12.2 Å². The van der Waals surface area contributed by atoms with Crippen LogP contribution in [0.1, 0.15) is 13.8 Å². The molecule has 0 aliphatic heterocycles. The summed E-state index contributed by atoms with van der Waals surface area (Å²) >= 11 is 0. The molecule has 0 aromatic rings. The van der Waals surface area contributed by atoms with Crippen LogP contribution in [-0.2, 0) is 9.53 Å². The lowest BCUT2D eigenvalue weighted by Crippen LogP contribution is -3.00. The van der Waals surface area contributed by atoms with Gasteiger partial charge in [-0.3, -0.25) is 4.48 Å². The Morgan fingerprint density at radius 1 is 1.43 bits per heavy atom. The number of nitrogens with zero attached hydrogens (tertiary/aromatic N) is 1. The first kappa shape index (κ1) is 15.9. The first-order valence-corrected chi connectivity index (χ1v) is 4.07. The van der Waals surface area contributed by atoms with Crippen LogP contribution < -0.4 is 18.1 Å². The molecule has 0 aromatic heterocycles. The highest BCUT2D eigenvalue weighted by Crippen LogP contribution is 2.14. The van der Waals surface area contributed by atoms with Crippen molar-refractivity contribution in [1.82, 2.24) is 0 Å². The van der Waals surface area contributed by atoms with E-state index >= 15 is 0 Å². The molecule has 0 amide bonds. The van der Waals surface area contributed by atoms with Gasteiger partial charge in [-0.1, -0.05) is 6.58 Å². The molecule has 0 aliphatic carbocycles. The number of carbonyl (C=O) groups excluding carboxylic acids is 1. The fourth-order valence-electron chi connectivity index (χ4n) is 0.412. The molecule has 0 spiro atoms. The van der Waals surface area contributed by atoms with Crippen molar-refractivity contribution in [1.29, 1.82) is 0 Å². The third-order valence-corrected chi connectivity index (χ3v) is 1.98. The van der Waals surface area contributed by atoms with Crippen molar-refractivity contribution >= 4 is 5.97 Å². The largest absolute Gasteiger partial charge is 1.00 e. The van der Waals surface area contributed by atoms with E-state index in [1.54, 1.807) is 13.8 Å². The zero-order chi connectivity index (χ0) is 10.9. The van der Waals surface area contributed by atoms with Crippen molar-refractivity contribution < 1.29 is 26.4 Å². The molecule has 0 aliphatic rings. The van der Waals surface area contributed by atoms with Crippen LogP contribution in [0, 0.1) is 0 Å². The predicted molar refractivity (Wildman–Crippen MR) is 51.5 cm³/mol. The summed E-state index contributed by atoms with van der Waals surface area (Å²) in [6, 6.07) is 0. The number of hydrogen-bond acceptors (Lipinski definition) is 3. The van der Waals surface area contributed by atoms with Gasteiger partial charge in [-0.15, -0.1) is 0 Å². The molecule has 0 fully saturated rings. The van der Waals surface area contributed by atoms with Crippen molar-refractivity contribution in [3.8, 4) is 0 Å². The lowest BCUT2D eigenvalue weighted by Gasteiger charge is -2.38. The van der Waals surface area contributed by atoms with Crippen molar-refractivity contribution in [2.24, 2.45) is 5.73 Å². The smallest absolute Gasteiger partial charge is 0.338 e. The van der Waals surface area contributed by atoms with Gasteiger partial charge in [0.1, 0.15) is 0 Å². The standard InChI is InChI=1S/C9H19N2O2.ClH/c1-7(2)8(12)13-9(3,10)11(4,5)6;/h1,10H2,2-6H3;1H/q+1;/p-1. The fourth-order valence-corrected chi connectivity index (χ4v) is 0.412. The van der Waals surface area contributed by atoms with Gasteiger partial charge in [0.15, 0.2) is 0 Å². The molecule has 0 radical (unpaired) electrons. The van der Waals surface area contributed by atoms with Crippen LogP contribution in [0.2, 0.25) is 0 Å². The summed E-state index contributed by atoms with van der Waals surface area (Å²) in [5.74, 6) is -1.49. The van der Waals surface area contributed by atoms with E-state index in [0.29, 0.717) is 10.1 Å². The number of hydrogen-bond donors (Lipinski definition) is 1. The van der Waals surface area contributed by atoms with Gasteiger partial charge < -0.3 is 17.1 Å². The van der Waals surface area contributed by atoms with Crippen LogP contribution in [-0.4, -0.2) is 37.4 Å². The number of halogens is 1. The zero-order valence-corrected chi connectivity index (χ0v) is 10.2. The molecule has 0 saturated carbocycles. The van der Waals surface area contributed by atoms with Gasteiger partial charge in [-0.2, -0.15) is 0 Å². The average molecular weight is 223 g/mol. The summed E-state index contributed by atoms with van der Waals surface area (Å²) in [6.45, 7) is 6.74. The summed E-state index contributed by atoms with van der Waals surface area (Å²) in [5, 5.41) is 0. The number of ether oxygens (including phenoxy) is 1. The van der Waals surface area contributed by atoms with Crippen molar-refractivity contribution in [2.45, 2.75) is 19.7 Å². The Kier molecular flexibility index (Phi) is 5.41. The normalized spacial score (nSPS) is 15.0. The number of esters is 1. The van der Waals surface area contributed by atoms with E-state index in [9.17, 15) is 4.79 Å². The quantitative estimate of drug-likeness (QED) is 0.248. The Balaban J connectivity index is 0. The fraction of sp³-hybridized carbons (Fsp3) is 0.667. The van der Waals surface area contributed by atoms with E-state index in [1.807, 2.05) is 21.1 Å². The van der Waals surface area contributed by atoms with Crippen molar-refractivity contribution in [2.75, 3.05) is 21.1 Å². The van der Waals surface area contributed by atoms with Crippen LogP contribution in [0.25, 0.3) is 0 Å². The Labute approximate surface area is 91.7 Å². The predicted octanol–water partition coefficient (Wildman–Crippen LogP) is -2.55. The van der Waals surface area contributed by atoms with Gasteiger partial charge in [0.25, 0.3) is 0 Å². The molecular weight excluding hydrogens is 204 g/mol. The van der Waals surface area contributed by atoms with Crippen LogP contribution in [0.3, 0.4) is 0 Å². The topological polar surface area (TPSA) is 52.3 Å². The lowest BCUT2D eigenvalue weighted by atomic mass is 10.3. The molecule has 0 rings (SSSR count). The minimum atomic E-state index is -1.03. The monoisotopic (exact) mass is 222 g/mol. The molecule has 0 aromatic carbocycles. The van der Waals surface area contributed by atoms with Crippen molar-refractivity contribution in [3.63, 3.8) is 0 Å². The Bertz CT molecular complexity index is 231. The summed E-state index contributed by atoms with van der Waals surface area (Å²) < 4.78 is 5.41. The minimum absolute atomic E-state index is 0. The second-order valence-electron chi connectivity index (χ2n) is 4.24. The summed E-state index contributed by atoms with van der Waals surface area (Å²) in [7, 11) is 5.56. The Hall–Kier alpha value is -0.580. The second kappa shape index (κ2) is 4.77. The maximum absolute atomic E-state index is 11.2. The van der Waals surface area contributed by atoms with E-state index in [1.165, 1.54) is 0 Å². The highest BCUT2D eigenvalue weighted by Gasteiger charge is 2.37. The third-order valence-electron chi connectivity index (χ3n) is 1.98. The molecule has 0 bridgehead atoms. The number of nitrogens with two attached hydrogens (primary N) is 1. The van der Waals surface area contributed by atoms with Gasteiger partial charge in [-0.25, -0.2) is 10.5 Å². The molecule has 4 nitrogen and oxygen atoms in total. The molecule has 5 heteroatoms. The first-order chi connectivity index (χ1) is 5.58. The number of carbonyl (C=O) groups is 1. The molecule has 14 heavy (non-hydrogen) atoms. The third kappa shape index (κ3) is 4.09. The van der Waals surface area contributed by atoms with Crippen LogP contribution in [0.15, 0.2) is 12.2 Å². The maximum Gasteiger partial charge on any atom is 0.338 e. The SMILES string of the molecule is C=C(C)C(=O)OC(C)(N)[N+](C)(C)C.[Cl-]. The summed E-state index contributed by atoms with van der Waals surface area (Å²) in [6.07, 6.45) is 0. The van der Waals surface area contributed by atoms with Gasteiger partial charge in [0, 0.05) is 12.5 Å². The number of rotatable bonds is 3. The van der Waals surface area contributed by atoms with E-state index in [-0.39, 0.29) is 12.4 Å². The maximum atomic E-state index is 11.2. The highest BCUT2D eigenvalue weighted by atomic mass is 35.5. The first-order valence-electron chi connectivity index (χ1n) is 4.07. The van der Waals surface area contributed by atoms with Gasteiger partial charge in [0.2, 0.25) is 0 Å². The average Bonchev–Trinajstić information content (AvgIpc) is 1.83. The second-order valence-corrected chi connectivity index (χ2v) is 4.24. The Morgan fingerprint density at radius 2 is 1.79 bits per heavy atom. The molecule has 1 unspecified atom stereocenters. The molecule has 0 saturated heterocycles. The highest BCUT2D eigenvalue weighted by molar-refractivity contribution is 5.87. The van der Waals surface area contributed by atoms with Gasteiger partial charge in [0.05, 0.1) is 21.1 Å². The van der Waals surface area contributed by atoms with E-state index in [2.05, 4.69) is 6.58 Å². The lowest BCUT2D eigenvalue weighted by molar-refractivity contribution is -0.945. The van der Waals surface area contributed by atoms with E-state index < -0.39 is 11.8 Å². The van der Waals surface area contributed by atoms with Crippen LogP contribution >= 0.6 is 0 Å². The Morgan fingerprint density at radius 3 is 2.00 bits per heavy atom. The molecule has 84 valence electrons. The molecule has 2 N–H and O–H groups in total.